The third kappa shape index (κ3) is 4.17. The van der Waals surface area contributed by atoms with Crippen LogP contribution >= 0.6 is 0 Å². The molecular weight excluding hydrogens is 250 g/mol. The second-order valence-electron chi connectivity index (χ2n) is 4.24. The van der Waals surface area contributed by atoms with Gasteiger partial charge in [-0.25, -0.2) is 9.97 Å². The first kappa shape index (κ1) is 16.4. The summed E-state index contributed by atoms with van der Waals surface area (Å²) in [6.07, 6.45) is 3.84. The fourth-order valence-electron chi connectivity index (χ4n) is 1.98. The molecule has 110 valence electrons. The van der Waals surface area contributed by atoms with Crippen molar-refractivity contribution in [3.05, 3.63) is 36.2 Å². The summed E-state index contributed by atoms with van der Waals surface area (Å²) in [5, 5.41) is 0. The van der Waals surface area contributed by atoms with Gasteiger partial charge in [0.05, 0.1) is 18.9 Å². The molecular formula is C16H25N3O. The topological polar surface area (TPSA) is 38.2 Å². The maximum absolute atomic E-state index is 5.35. The van der Waals surface area contributed by atoms with Crippen molar-refractivity contribution < 1.29 is 4.74 Å². The van der Waals surface area contributed by atoms with Gasteiger partial charge in [0.1, 0.15) is 0 Å². The van der Waals surface area contributed by atoms with Crippen LogP contribution in [-0.2, 0) is 4.74 Å². The molecule has 1 aromatic heterocycles. The zero-order chi connectivity index (χ0) is 15.0. The molecule has 0 radical (unpaired) electrons. The lowest BCUT2D eigenvalue weighted by Crippen LogP contribution is -2.37. The number of allylic oxidation sites excluding steroid dienone is 3. The number of anilines is 1. The van der Waals surface area contributed by atoms with Crippen LogP contribution in [-0.4, -0.2) is 36.3 Å². The van der Waals surface area contributed by atoms with Gasteiger partial charge in [0.15, 0.2) is 0 Å². The van der Waals surface area contributed by atoms with Crippen LogP contribution in [0.5, 0.6) is 0 Å². The van der Waals surface area contributed by atoms with Gasteiger partial charge in [-0.1, -0.05) is 32.6 Å². The molecule has 0 N–H and O–H groups in total. The molecule has 1 saturated heterocycles. The van der Waals surface area contributed by atoms with Gasteiger partial charge in [-0.2, -0.15) is 0 Å². The van der Waals surface area contributed by atoms with Crippen molar-refractivity contribution in [2.75, 3.05) is 31.2 Å². The molecule has 0 atom stereocenters. The van der Waals surface area contributed by atoms with E-state index in [1.165, 1.54) is 0 Å². The Morgan fingerprint density at radius 1 is 1.30 bits per heavy atom. The zero-order valence-corrected chi connectivity index (χ0v) is 13.0. The molecule has 1 fully saturated rings. The minimum atomic E-state index is 0.741. The van der Waals surface area contributed by atoms with Crippen LogP contribution in [0.15, 0.2) is 24.8 Å². The minimum absolute atomic E-state index is 0.741. The Hall–Kier alpha value is -1.68. The van der Waals surface area contributed by atoms with Crippen molar-refractivity contribution in [3.63, 3.8) is 0 Å². The standard InChI is InChI=1S/C14H19N3O.C2H6/c1-4-12(5-2)13-10-11(3)15-14(16-13)17-6-8-18-9-7-17;1-2/h4-5,10H,1,6-9H2,2-3H3;1-2H3/b12-5+;. The maximum Gasteiger partial charge on any atom is 0.226 e. The monoisotopic (exact) mass is 275 g/mol. The minimum Gasteiger partial charge on any atom is -0.378 e. The van der Waals surface area contributed by atoms with E-state index in [0.717, 1.165) is 49.2 Å². The van der Waals surface area contributed by atoms with Crippen molar-refractivity contribution in [1.82, 2.24) is 9.97 Å². The van der Waals surface area contributed by atoms with Gasteiger partial charge < -0.3 is 9.64 Å². The Kier molecular flexibility index (Phi) is 6.94. The van der Waals surface area contributed by atoms with Crippen LogP contribution in [0.2, 0.25) is 0 Å². The number of ether oxygens (including phenoxy) is 1. The maximum atomic E-state index is 5.35. The molecule has 4 heteroatoms. The normalized spacial score (nSPS) is 15.4. The smallest absolute Gasteiger partial charge is 0.226 e. The lowest BCUT2D eigenvalue weighted by molar-refractivity contribution is 0.122. The van der Waals surface area contributed by atoms with Gasteiger partial charge >= 0.3 is 0 Å². The SMILES string of the molecule is C=C/C(=C\C)c1cc(C)nc(N2CCOCC2)n1.CC. The first-order chi connectivity index (χ1) is 9.74. The highest BCUT2D eigenvalue weighted by atomic mass is 16.5. The highest BCUT2D eigenvalue weighted by molar-refractivity contribution is 5.71. The van der Waals surface area contributed by atoms with Crippen LogP contribution in [0.25, 0.3) is 5.57 Å². The van der Waals surface area contributed by atoms with Gasteiger partial charge in [-0.05, 0) is 25.5 Å². The number of rotatable bonds is 3. The summed E-state index contributed by atoms with van der Waals surface area (Å²) in [6.45, 7) is 15.0. The van der Waals surface area contributed by atoms with E-state index in [1.807, 2.05) is 45.9 Å². The molecule has 0 aliphatic carbocycles. The van der Waals surface area contributed by atoms with Gasteiger partial charge in [-0.15, -0.1) is 0 Å². The number of nitrogens with zero attached hydrogens (tertiary/aromatic N) is 3. The van der Waals surface area contributed by atoms with Crippen LogP contribution in [0, 0.1) is 6.92 Å². The summed E-state index contributed by atoms with van der Waals surface area (Å²) < 4.78 is 5.35. The molecule has 1 aliphatic heterocycles. The largest absolute Gasteiger partial charge is 0.378 e. The zero-order valence-electron chi connectivity index (χ0n) is 13.0. The third-order valence-corrected chi connectivity index (χ3v) is 2.96. The van der Waals surface area contributed by atoms with Gasteiger partial charge in [0.2, 0.25) is 5.95 Å². The molecule has 0 bridgehead atoms. The first-order valence-electron chi connectivity index (χ1n) is 7.22. The molecule has 0 aromatic carbocycles. The second-order valence-corrected chi connectivity index (χ2v) is 4.24. The van der Waals surface area contributed by atoms with E-state index in [-0.39, 0.29) is 0 Å². The fraction of sp³-hybridized carbons (Fsp3) is 0.500. The summed E-state index contributed by atoms with van der Waals surface area (Å²) in [7, 11) is 0. The molecule has 1 aliphatic rings. The van der Waals surface area contributed by atoms with Crippen LogP contribution in [0.1, 0.15) is 32.2 Å². The predicted octanol–water partition coefficient (Wildman–Crippen LogP) is 3.24. The fourth-order valence-corrected chi connectivity index (χ4v) is 1.98. The molecule has 1 aromatic rings. The van der Waals surface area contributed by atoms with Gasteiger partial charge in [0.25, 0.3) is 0 Å². The van der Waals surface area contributed by atoms with E-state index in [2.05, 4.69) is 21.4 Å². The average molecular weight is 275 g/mol. The first-order valence-corrected chi connectivity index (χ1v) is 7.22. The number of aromatic nitrogens is 2. The number of morpholine rings is 1. The molecule has 2 rings (SSSR count). The molecule has 0 amide bonds. The van der Waals surface area contributed by atoms with Crippen molar-refractivity contribution in [1.29, 1.82) is 0 Å². The highest BCUT2D eigenvalue weighted by Crippen LogP contribution is 2.18. The van der Waals surface area contributed by atoms with Crippen LogP contribution in [0.4, 0.5) is 5.95 Å². The molecule has 0 spiro atoms. The van der Waals surface area contributed by atoms with Crippen molar-refractivity contribution in [2.24, 2.45) is 0 Å². The Balaban J connectivity index is 0.000000956. The van der Waals surface area contributed by atoms with Gasteiger partial charge in [-0.3, -0.25) is 0 Å². The van der Waals surface area contributed by atoms with Crippen LogP contribution in [0.3, 0.4) is 0 Å². The quantitative estimate of drug-likeness (QED) is 0.794. The van der Waals surface area contributed by atoms with E-state index in [0.29, 0.717) is 0 Å². The predicted molar refractivity (Wildman–Crippen MR) is 85.0 cm³/mol. The number of hydrogen-bond acceptors (Lipinski definition) is 4. The van der Waals surface area contributed by atoms with Gasteiger partial charge in [0, 0.05) is 18.8 Å². The lowest BCUT2D eigenvalue weighted by atomic mass is 10.1. The summed E-state index contributed by atoms with van der Waals surface area (Å²) in [5.74, 6) is 0.787. The van der Waals surface area contributed by atoms with E-state index in [1.54, 1.807) is 0 Å². The molecule has 0 saturated carbocycles. The molecule has 20 heavy (non-hydrogen) atoms. The van der Waals surface area contributed by atoms with Crippen molar-refractivity contribution in [2.45, 2.75) is 27.7 Å². The Labute approximate surface area is 122 Å². The molecule has 2 heterocycles. The van der Waals surface area contributed by atoms with Crippen molar-refractivity contribution >= 4 is 11.5 Å². The Morgan fingerprint density at radius 2 is 1.95 bits per heavy atom. The molecule has 4 nitrogen and oxygen atoms in total. The summed E-state index contributed by atoms with van der Waals surface area (Å²) in [6, 6.07) is 1.99. The van der Waals surface area contributed by atoms with E-state index < -0.39 is 0 Å². The Morgan fingerprint density at radius 3 is 2.50 bits per heavy atom. The number of hydrogen-bond donors (Lipinski definition) is 0. The van der Waals surface area contributed by atoms with E-state index in [9.17, 15) is 0 Å². The summed E-state index contributed by atoms with van der Waals surface area (Å²) in [4.78, 5) is 11.3. The average Bonchev–Trinajstić information content (AvgIpc) is 2.51. The van der Waals surface area contributed by atoms with Crippen LogP contribution < -0.4 is 4.90 Å². The number of aryl methyl sites for hydroxylation is 1. The summed E-state index contributed by atoms with van der Waals surface area (Å²) in [5.41, 5.74) is 2.94. The third-order valence-electron chi connectivity index (χ3n) is 2.96. The Bertz CT molecular complexity index is 463. The van der Waals surface area contributed by atoms with E-state index >= 15 is 0 Å². The summed E-state index contributed by atoms with van der Waals surface area (Å²) >= 11 is 0. The van der Waals surface area contributed by atoms with E-state index in [4.69, 9.17) is 4.74 Å². The second kappa shape index (κ2) is 8.48. The van der Waals surface area contributed by atoms with Crippen molar-refractivity contribution in [3.8, 4) is 0 Å². The highest BCUT2D eigenvalue weighted by Gasteiger charge is 2.15. The molecule has 0 unspecified atom stereocenters. The lowest BCUT2D eigenvalue weighted by Gasteiger charge is -2.27.